The van der Waals surface area contributed by atoms with E-state index in [1.165, 1.54) is 0 Å². The lowest BCUT2D eigenvalue weighted by Crippen LogP contribution is -2.61. The Morgan fingerprint density at radius 1 is 0.479 bits per heavy atom. The molecule has 73 heavy (non-hydrogen) atoms. The number of primary amides is 1. The molecule has 21 N–H and O–H groups in total. The molecule has 0 bridgehead atoms. The van der Waals surface area contributed by atoms with Crippen LogP contribution in [0.2, 0.25) is 0 Å². The Labute approximate surface area is 427 Å². The van der Waals surface area contributed by atoms with E-state index in [9.17, 15) is 58.2 Å². The molecular formula is C46H85N15O12. The maximum atomic E-state index is 14.2. The monoisotopic (exact) mass is 1040 g/mol. The highest BCUT2D eigenvalue weighted by Gasteiger charge is 2.36. The third-order valence-electron chi connectivity index (χ3n) is 11.4. The van der Waals surface area contributed by atoms with E-state index in [1.807, 2.05) is 20.8 Å². The van der Waals surface area contributed by atoms with Crippen molar-refractivity contribution in [3.8, 4) is 0 Å². The number of nitrogens with one attached hydrogen (secondary N) is 7. The van der Waals surface area contributed by atoms with Gasteiger partial charge in [-0.15, -0.1) is 0 Å². The molecule has 0 aliphatic carbocycles. The van der Waals surface area contributed by atoms with Crippen LogP contribution in [0.5, 0.6) is 0 Å². The normalized spacial score (nSPS) is 14.8. The summed E-state index contributed by atoms with van der Waals surface area (Å²) in [6.07, 6.45) is 0.763. The molecule has 0 saturated heterocycles. The molecule has 27 heteroatoms. The van der Waals surface area contributed by atoms with Crippen LogP contribution in [0.15, 0.2) is 9.98 Å². The van der Waals surface area contributed by atoms with Gasteiger partial charge in [0.05, 0.1) is 12.5 Å². The number of nitrogens with zero attached hydrogens (tertiary/aromatic N) is 2. The number of aliphatic carboxylic acids is 2. The van der Waals surface area contributed by atoms with Gasteiger partial charge in [0.1, 0.15) is 42.3 Å². The van der Waals surface area contributed by atoms with Crippen molar-refractivity contribution in [3.63, 3.8) is 0 Å². The average molecular weight is 1040 g/mol. The van der Waals surface area contributed by atoms with Gasteiger partial charge in [0.15, 0.2) is 11.9 Å². The summed E-state index contributed by atoms with van der Waals surface area (Å²) in [5.41, 5.74) is 33.0. The second kappa shape index (κ2) is 35.3. The number of carbonyl (C=O) groups excluding carboxylic acids is 8. The summed E-state index contributed by atoms with van der Waals surface area (Å²) in [6.45, 7) is 12.7. The van der Waals surface area contributed by atoms with Crippen molar-refractivity contribution in [1.29, 1.82) is 0 Å². The number of hydrogen-bond acceptors (Lipinski definition) is 13. The SMILES string of the molecule is CCCC[C@H](NC(=O)[C@@H](NC(=O)[C@H](CC(=O)O)NC(=O)[C@H](CCC(N)=O)NC(=O)[C@H](CC(C)C)NC(=O)[C@@H](N)CC(C)C)[C@@H](C)CC)C(=O)N[C@H](CCCN=C(N)N)C(=O)N[C@@H](CCCCN=C(N)N)C(=O)O. The summed E-state index contributed by atoms with van der Waals surface area (Å²) < 4.78 is 0. The summed E-state index contributed by atoms with van der Waals surface area (Å²) in [7, 11) is 0. The molecule has 0 aliphatic rings. The number of carboxylic acids is 2. The van der Waals surface area contributed by atoms with E-state index in [2.05, 4.69) is 47.2 Å². The van der Waals surface area contributed by atoms with Crippen molar-refractivity contribution in [2.75, 3.05) is 13.1 Å². The highest BCUT2D eigenvalue weighted by atomic mass is 16.4. The lowest BCUT2D eigenvalue weighted by Gasteiger charge is -2.29. The van der Waals surface area contributed by atoms with E-state index in [-0.39, 0.29) is 81.8 Å². The first-order valence-electron chi connectivity index (χ1n) is 24.8. The lowest BCUT2D eigenvalue weighted by atomic mass is 9.96. The van der Waals surface area contributed by atoms with Gasteiger partial charge in [-0.05, 0) is 75.5 Å². The molecule has 0 rings (SSSR count). The van der Waals surface area contributed by atoms with Crippen molar-refractivity contribution in [1.82, 2.24) is 37.2 Å². The molecule has 0 aromatic heterocycles. The van der Waals surface area contributed by atoms with Crippen LogP contribution in [-0.4, -0.2) is 143 Å². The predicted molar refractivity (Wildman–Crippen MR) is 272 cm³/mol. The van der Waals surface area contributed by atoms with Gasteiger partial charge in [-0.1, -0.05) is 67.7 Å². The average Bonchev–Trinajstić information content (AvgIpc) is 3.29. The molecule has 8 amide bonds. The molecule has 0 aromatic carbocycles. The van der Waals surface area contributed by atoms with E-state index in [4.69, 9.17) is 34.4 Å². The number of rotatable bonds is 38. The fraction of sp³-hybridized carbons (Fsp3) is 0.739. The second-order valence-corrected chi connectivity index (χ2v) is 18.9. The van der Waals surface area contributed by atoms with Crippen LogP contribution in [-0.2, 0) is 47.9 Å². The number of nitrogens with two attached hydrogens (primary N) is 6. The Hall–Kier alpha value is -6.80. The van der Waals surface area contributed by atoms with Gasteiger partial charge in [0, 0.05) is 19.5 Å². The Balaban J connectivity index is 6.69. The number of amides is 8. The van der Waals surface area contributed by atoms with E-state index in [0.717, 1.165) is 0 Å². The number of carboxylic acid groups (broad SMARTS) is 2. The zero-order valence-corrected chi connectivity index (χ0v) is 43.5. The number of carbonyl (C=O) groups is 10. The fourth-order valence-electron chi connectivity index (χ4n) is 7.22. The fourth-order valence-corrected chi connectivity index (χ4v) is 7.22. The van der Waals surface area contributed by atoms with Crippen LogP contribution in [0.1, 0.15) is 138 Å². The maximum Gasteiger partial charge on any atom is 0.326 e. The quantitative estimate of drug-likeness (QED) is 0.0171. The highest BCUT2D eigenvalue weighted by molar-refractivity contribution is 5.98. The van der Waals surface area contributed by atoms with Crippen LogP contribution in [0.25, 0.3) is 0 Å². The van der Waals surface area contributed by atoms with Gasteiger partial charge >= 0.3 is 11.9 Å². The molecule has 0 aromatic rings. The summed E-state index contributed by atoms with van der Waals surface area (Å²) in [5, 5.41) is 37.4. The van der Waals surface area contributed by atoms with Crippen molar-refractivity contribution >= 4 is 71.1 Å². The number of guanidine groups is 2. The Bertz CT molecular complexity index is 1890. The number of aliphatic imine (C=N–C) groups is 2. The first kappa shape index (κ1) is 66.2. The predicted octanol–water partition coefficient (Wildman–Crippen LogP) is -2.64. The molecule has 0 radical (unpaired) electrons. The van der Waals surface area contributed by atoms with E-state index in [0.29, 0.717) is 32.1 Å². The van der Waals surface area contributed by atoms with Gasteiger partial charge in [0.2, 0.25) is 47.3 Å². The largest absolute Gasteiger partial charge is 0.481 e. The number of hydrogen-bond donors (Lipinski definition) is 15. The standard InChI is InChI=1S/C46H85N15O12/c1-8-10-14-28(38(66)55-29(16-13-20-54-46(51)52)39(67)58-31(44(72)73)15-11-12-19-53-45(49)50)57-43(71)36(26(7)9-2)61-42(70)33(23-35(63)64)60-40(68)30(17-18-34(48)62)56-41(69)32(22-25(5)6)59-37(65)27(47)21-24(3)4/h24-33,36H,8-23,47H2,1-7H3,(H2,48,62)(H,55,66)(H,56,69)(H,57,71)(H,58,67)(H,59,65)(H,60,68)(H,61,70)(H,63,64)(H,72,73)(H4,49,50,53)(H4,51,52,54)/t26-,27-,28-,29+,30-,31-,32-,33-,36-/m0/s1. The molecular weight excluding hydrogens is 955 g/mol. The first-order chi connectivity index (χ1) is 34.1. The Kier molecular flexibility index (Phi) is 32.0. The van der Waals surface area contributed by atoms with Crippen LogP contribution < -0.4 is 71.6 Å². The van der Waals surface area contributed by atoms with E-state index < -0.39 is 126 Å². The second-order valence-electron chi connectivity index (χ2n) is 18.9. The molecule has 0 fully saturated rings. The highest BCUT2D eigenvalue weighted by Crippen LogP contribution is 2.14. The van der Waals surface area contributed by atoms with Gasteiger partial charge in [0.25, 0.3) is 0 Å². The first-order valence-corrected chi connectivity index (χ1v) is 24.8. The lowest BCUT2D eigenvalue weighted by molar-refractivity contribution is -0.143. The Morgan fingerprint density at radius 3 is 1.37 bits per heavy atom. The zero-order chi connectivity index (χ0) is 56.0. The molecule has 0 aliphatic heterocycles. The summed E-state index contributed by atoms with van der Waals surface area (Å²) in [6, 6.07) is -11.0. The third-order valence-corrected chi connectivity index (χ3v) is 11.4. The van der Waals surface area contributed by atoms with Gasteiger partial charge in [-0.25, -0.2) is 4.79 Å². The van der Waals surface area contributed by atoms with Gasteiger partial charge < -0.3 is 81.8 Å². The zero-order valence-electron chi connectivity index (χ0n) is 43.5. The third kappa shape index (κ3) is 28.7. The van der Waals surface area contributed by atoms with Crippen LogP contribution in [0.3, 0.4) is 0 Å². The topological polar surface area (TPSA) is 476 Å². The van der Waals surface area contributed by atoms with Crippen LogP contribution in [0.4, 0.5) is 0 Å². The van der Waals surface area contributed by atoms with Gasteiger partial charge in [-0.2, -0.15) is 0 Å². The van der Waals surface area contributed by atoms with E-state index in [1.54, 1.807) is 27.7 Å². The minimum absolute atomic E-state index is 0.00551. The molecule has 0 spiro atoms. The summed E-state index contributed by atoms with van der Waals surface area (Å²) in [4.78, 5) is 140. The van der Waals surface area contributed by atoms with Crippen molar-refractivity contribution < 1.29 is 58.2 Å². The number of unbranched alkanes of at least 4 members (excludes halogenated alkanes) is 2. The van der Waals surface area contributed by atoms with Crippen LogP contribution >= 0.6 is 0 Å². The molecule has 0 heterocycles. The minimum atomic E-state index is -1.86. The Morgan fingerprint density at radius 2 is 0.904 bits per heavy atom. The smallest absolute Gasteiger partial charge is 0.326 e. The molecule has 0 unspecified atom stereocenters. The summed E-state index contributed by atoms with van der Waals surface area (Å²) in [5.74, 6) is -11.0. The minimum Gasteiger partial charge on any atom is -0.481 e. The molecule has 27 nitrogen and oxygen atoms in total. The van der Waals surface area contributed by atoms with Gasteiger partial charge in [-0.3, -0.25) is 53.1 Å². The molecule has 0 saturated carbocycles. The van der Waals surface area contributed by atoms with Crippen LogP contribution in [0, 0.1) is 17.8 Å². The van der Waals surface area contributed by atoms with Crippen molar-refractivity contribution in [2.45, 2.75) is 187 Å². The van der Waals surface area contributed by atoms with E-state index >= 15 is 0 Å². The molecule has 9 atom stereocenters. The molecule has 416 valence electrons. The van der Waals surface area contributed by atoms with Crippen molar-refractivity contribution in [3.05, 3.63) is 0 Å². The summed E-state index contributed by atoms with van der Waals surface area (Å²) >= 11 is 0. The maximum absolute atomic E-state index is 14.2. The van der Waals surface area contributed by atoms with Crippen molar-refractivity contribution in [2.24, 2.45) is 62.1 Å².